The van der Waals surface area contributed by atoms with Crippen molar-refractivity contribution in [3.8, 4) is 5.75 Å². The van der Waals surface area contributed by atoms with E-state index in [-0.39, 0.29) is 11.4 Å². The topological polar surface area (TPSA) is 72.4 Å². The normalized spacial score (nSPS) is 13.6. The lowest BCUT2D eigenvalue weighted by atomic mass is 10.2. The monoisotopic (exact) mass is 255 g/mol. The van der Waals surface area contributed by atoms with Gasteiger partial charge >= 0.3 is 0 Å². The Kier molecular flexibility index (Phi) is 2.49. The molecule has 0 saturated carbocycles. The van der Waals surface area contributed by atoms with Gasteiger partial charge in [-0.3, -0.25) is 9.59 Å². The number of amides is 2. The Bertz CT molecular complexity index is 649. The molecule has 0 bridgehead atoms. The minimum Gasteiger partial charge on any atom is -0.497 e. The Morgan fingerprint density at radius 1 is 1.05 bits per heavy atom. The molecule has 1 aliphatic heterocycles. The van der Waals surface area contributed by atoms with Gasteiger partial charge in [0.1, 0.15) is 5.75 Å². The predicted octanol–water partition coefficient (Wildman–Crippen LogP) is 1.29. The molecular formula is C13H9N3O3. The molecular weight excluding hydrogens is 246 g/mol. The lowest BCUT2D eigenvalue weighted by Gasteiger charge is -2.13. The highest BCUT2D eigenvalue weighted by Gasteiger charge is 2.39. The second-order valence-electron chi connectivity index (χ2n) is 3.90. The number of benzene rings is 1. The highest BCUT2D eigenvalue weighted by Crippen LogP contribution is 2.28. The summed E-state index contributed by atoms with van der Waals surface area (Å²) in [6.07, 6.45) is 2.78. The minimum atomic E-state index is -0.471. The van der Waals surface area contributed by atoms with Crippen molar-refractivity contribution in [1.82, 2.24) is 9.97 Å². The largest absolute Gasteiger partial charge is 0.497 e. The van der Waals surface area contributed by atoms with Gasteiger partial charge in [0.25, 0.3) is 11.8 Å². The molecule has 0 N–H and O–H groups in total. The highest BCUT2D eigenvalue weighted by atomic mass is 16.5. The number of ether oxygens (including phenoxy) is 1. The van der Waals surface area contributed by atoms with Gasteiger partial charge in [-0.1, -0.05) is 6.07 Å². The fraction of sp³-hybridized carbons (Fsp3) is 0.0769. The number of hydrogen-bond acceptors (Lipinski definition) is 5. The molecule has 0 saturated heterocycles. The van der Waals surface area contributed by atoms with Gasteiger partial charge in [-0.15, -0.1) is 0 Å². The molecule has 6 heteroatoms. The zero-order valence-corrected chi connectivity index (χ0v) is 10.0. The van der Waals surface area contributed by atoms with Crippen LogP contribution >= 0.6 is 0 Å². The quantitative estimate of drug-likeness (QED) is 0.756. The molecule has 0 radical (unpaired) electrons. The van der Waals surface area contributed by atoms with Crippen LogP contribution < -0.4 is 9.64 Å². The van der Waals surface area contributed by atoms with Gasteiger partial charge in [0.05, 0.1) is 12.8 Å². The Labute approximate surface area is 108 Å². The molecule has 2 amide bonds. The first-order valence-electron chi connectivity index (χ1n) is 5.56. The molecule has 0 aliphatic carbocycles. The number of nitrogens with zero attached hydrogens (tertiary/aromatic N) is 3. The number of methoxy groups -OCH3 is 1. The second kappa shape index (κ2) is 4.16. The number of carbonyl (C=O) groups is 2. The van der Waals surface area contributed by atoms with Crippen LogP contribution in [0.4, 0.5) is 5.69 Å². The van der Waals surface area contributed by atoms with Gasteiger partial charge in [0, 0.05) is 18.5 Å². The Morgan fingerprint density at radius 3 is 2.26 bits per heavy atom. The summed E-state index contributed by atoms with van der Waals surface area (Å²) in [5.74, 6) is -0.377. The predicted molar refractivity (Wildman–Crippen MR) is 66.2 cm³/mol. The van der Waals surface area contributed by atoms with Crippen LogP contribution in [-0.4, -0.2) is 28.9 Å². The molecule has 94 valence electrons. The van der Waals surface area contributed by atoms with Crippen molar-refractivity contribution in [2.45, 2.75) is 0 Å². The number of carbonyl (C=O) groups excluding carboxylic acids is 2. The summed E-state index contributed by atoms with van der Waals surface area (Å²) in [6, 6.07) is 6.71. The molecule has 2 heterocycles. The van der Waals surface area contributed by atoms with E-state index in [0.717, 1.165) is 4.90 Å². The van der Waals surface area contributed by atoms with Crippen LogP contribution in [0.1, 0.15) is 21.0 Å². The molecule has 0 fully saturated rings. The number of hydrogen-bond donors (Lipinski definition) is 0. The van der Waals surface area contributed by atoms with E-state index in [1.807, 2.05) is 0 Å². The molecule has 1 aromatic carbocycles. The summed E-state index contributed by atoms with van der Waals surface area (Å²) >= 11 is 0. The maximum Gasteiger partial charge on any atom is 0.286 e. The molecule has 19 heavy (non-hydrogen) atoms. The van der Waals surface area contributed by atoms with Gasteiger partial charge in [-0.05, 0) is 12.1 Å². The van der Waals surface area contributed by atoms with Crippen LogP contribution in [0, 0.1) is 0 Å². The molecule has 1 aromatic heterocycles. The van der Waals surface area contributed by atoms with Gasteiger partial charge in [-0.25, -0.2) is 14.9 Å². The van der Waals surface area contributed by atoms with Gasteiger partial charge in [0.2, 0.25) is 0 Å². The first kappa shape index (κ1) is 11.3. The molecule has 0 atom stereocenters. The number of aromatic nitrogens is 2. The maximum atomic E-state index is 12.2. The van der Waals surface area contributed by atoms with E-state index in [1.54, 1.807) is 24.3 Å². The standard InChI is InChI=1S/C13H9N3O3/c1-19-9-4-2-3-8(7-9)16-12(17)10-11(13(16)18)15-6-5-14-10/h2-7H,1H3. The summed E-state index contributed by atoms with van der Waals surface area (Å²) in [5.41, 5.74) is 0.597. The summed E-state index contributed by atoms with van der Waals surface area (Å²) < 4.78 is 5.08. The van der Waals surface area contributed by atoms with E-state index in [1.165, 1.54) is 19.5 Å². The fourth-order valence-electron chi connectivity index (χ4n) is 1.94. The van der Waals surface area contributed by atoms with E-state index < -0.39 is 11.8 Å². The molecule has 1 aliphatic rings. The van der Waals surface area contributed by atoms with Crippen LogP contribution in [-0.2, 0) is 0 Å². The van der Waals surface area contributed by atoms with Crippen molar-refractivity contribution in [2.75, 3.05) is 12.0 Å². The van der Waals surface area contributed by atoms with Crippen LogP contribution in [0.2, 0.25) is 0 Å². The van der Waals surface area contributed by atoms with Crippen LogP contribution in [0.25, 0.3) is 0 Å². The average molecular weight is 255 g/mol. The molecule has 2 aromatic rings. The zero-order valence-electron chi connectivity index (χ0n) is 10.0. The molecule has 0 unspecified atom stereocenters. The molecule has 3 rings (SSSR count). The Balaban J connectivity index is 2.08. The van der Waals surface area contributed by atoms with Gasteiger partial charge in [-0.2, -0.15) is 0 Å². The second-order valence-corrected chi connectivity index (χ2v) is 3.90. The number of rotatable bonds is 2. The first-order valence-corrected chi connectivity index (χ1v) is 5.56. The van der Waals surface area contributed by atoms with Crippen LogP contribution in [0.15, 0.2) is 36.7 Å². The van der Waals surface area contributed by atoms with Crippen molar-refractivity contribution in [2.24, 2.45) is 0 Å². The summed E-state index contributed by atoms with van der Waals surface area (Å²) in [6.45, 7) is 0. The third-order valence-electron chi connectivity index (χ3n) is 2.82. The smallest absolute Gasteiger partial charge is 0.286 e. The Hall–Kier alpha value is -2.76. The van der Waals surface area contributed by atoms with Crippen molar-refractivity contribution in [3.05, 3.63) is 48.0 Å². The van der Waals surface area contributed by atoms with Crippen molar-refractivity contribution < 1.29 is 14.3 Å². The van der Waals surface area contributed by atoms with E-state index in [0.29, 0.717) is 11.4 Å². The maximum absolute atomic E-state index is 12.2. The molecule has 0 spiro atoms. The summed E-state index contributed by atoms with van der Waals surface area (Å²) in [5, 5.41) is 0. The lowest BCUT2D eigenvalue weighted by Crippen LogP contribution is -2.29. The van der Waals surface area contributed by atoms with Crippen molar-refractivity contribution in [3.63, 3.8) is 0 Å². The first-order chi connectivity index (χ1) is 9.22. The van der Waals surface area contributed by atoms with Gasteiger partial charge in [0.15, 0.2) is 11.4 Å². The summed E-state index contributed by atoms with van der Waals surface area (Å²) in [4.78, 5) is 33.2. The molecule has 6 nitrogen and oxygen atoms in total. The Morgan fingerprint density at radius 2 is 1.68 bits per heavy atom. The lowest BCUT2D eigenvalue weighted by molar-refractivity contribution is 0.0923. The average Bonchev–Trinajstić information content (AvgIpc) is 2.72. The number of fused-ring (bicyclic) bond motifs is 1. The number of imide groups is 1. The van der Waals surface area contributed by atoms with E-state index in [9.17, 15) is 9.59 Å². The zero-order chi connectivity index (χ0) is 13.4. The summed E-state index contributed by atoms with van der Waals surface area (Å²) in [7, 11) is 1.52. The van der Waals surface area contributed by atoms with E-state index in [4.69, 9.17) is 4.74 Å². The highest BCUT2D eigenvalue weighted by molar-refractivity contribution is 6.33. The SMILES string of the molecule is COc1cccc(N2C(=O)c3nccnc3C2=O)c1. The third-order valence-corrected chi connectivity index (χ3v) is 2.82. The van der Waals surface area contributed by atoms with Crippen molar-refractivity contribution in [1.29, 1.82) is 0 Å². The third kappa shape index (κ3) is 1.65. The van der Waals surface area contributed by atoms with Crippen LogP contribution in [0.3, 0.4) is 0 Å². The number of anilines is 1. The fourth-order valence-corrected chi connectivity index (χ4v) is 1.94. The van der Waals surface area contributed by atoms with Crippen molar-refractivity contribution >= 4 is 17.5 Å². The van der Waals surface area contributed by atoms with E-state index in [2.05, 4.69) is 9.97 Å². The minimum absolute atomic E-state index is 0.0790. The van der Waals surface area contributed by atoms with E-state index >= 15 is 0 Å². The van der Waals surface area contributed by atoms with Gasteiger partial charge < -0.3 is 4.74 Å². The van der Waals surface area contributed by atoms with Crippen LogP contribution in [0.5, 0.6) is 5.75 Å².